The third-order valence-corrected chi connectivity index (χ3v) is 3.51. The molecule has 0 atom stereocenters. The Morgan fingerprint density at radius 3 is 2.70 bits per heavy atom. The molecule has 0 aliphatic rings. The zero-order chi connectivity index (χ0) is 16.4. The Labute approximate surface area is 131 Å². The van der Waals surface area contributed by atoms with Crippen molar-refractivity contribution in [2.45, 2.75) is 0 Å². The maximum Gasteiger partial charge on any atom is 0.274 e. The fourth-order valence-corrected chi connectivity index (χ4v) is 2.34. The summed E-state index contributed by atoms with van der Waals surface area (Å²) in [4.78, 5) is 19.1. The number of benzene rings is 2. The number of imidazole rings is 1. The van der Waals surface area contributed by atoms with Gasteiger partial charge in [-0.15, -0.1) is 0 Å². The van der Waals surface area contributed by atoms with E-state index < -0.39 is 5.91 Å². The monoisotopic (exact) mass is 313 g/mol. The van der Waals surface area contributed by atoms with Crippen LogP contribution in [0, 0.1) is 0 Å². The number of hydrogen-bond acceptors (Lipinski definition) is 5. The van der Waals surface area contributed by atoms with Crippen molar-refractivity contribution in [2.24, 2.45) is 0 Å². The highest BCUT2D eigenvalue weighted by Gasteiger charge is 2.13. The predicted octanol–water partition coefficient (Wildman–Crippen LogP) is 2.37. The highest BCUT2D eigenvalue weighted by Crippen LogP contribution is 2.32. The molecule has 0 fully saturated rings. The van der Waals surface area contributed by atoms with Gasteiger partial charge in [-0.3, -0.25) is 10.0 Å². The lowest BCUT2D eigenvalue weighted by atomic mass is 10.2. The third-order valence-electron chi connectivity index (χ3n) is 3.51. The molecule has 1 amide bonds. The number of nitrogens with one attached hydrogen (secondary N) is 2. The molecule has 2 aromatic carbocycles. The summed E-state index contributed by atoms with van der Waals surface area (Å²) in [6.45, 7) is 0. The van der Waals surface area contributed by atoms with Crippen molar-refractivity contribution in [1.82, 2.24) is 15.4 Å². The van der Waals surface area contributed by atoms with Crippen LogP contribution in [0.25, 0.3) is 22.4 Å². The van der Waals surface area contributed by atoms with E-state index in [-0.39, 0.29) is 0 Å². The van der Waals surface area contributed by atoms with E-state index in [4.69, 9.17) is 14.7 Å². The summed E-state index contributed by atoms with van der Waals surface area (Å²) in [6, 6.07) is 10.3. The van der Waals surface area contributed by atoms with Crippen LogP contribution in [0.15, 0.2) is 36.4 Å². The number of carbonyl (C=O) groups excluding carboxylic acids is 1. The van der Waals surface area contributed by atoms with Crippen molar-refractivity contribution in [1.29, 1.82) is 0 Å². The van der Waals surface area contributed by atoms with Gasteiger partial charge in [-0.1, -0.05) is 0 Å². The maximum absolute atomic E-state index is 11.5. The van der Waals surface area contributed by atoms with E-state index in [1.165, 1.54) is 0 Å². The van der Waals surface area contributed by atoms with Crippen LogP contribution in [0.5, 0.6) is 11.5 Å². The lowest BCUT2D eigenvalue weighted by Gasteiger charge is -2.08. The van der Waals surface area contributed by atoms with Crippen molar-refractivity contribution < 1.29 is 19.5 Å². The molecule has 1 aromatic heterocycles. The Balaban J connectivity index is 2.12. The van der Waals surface area contributed by atoms with Gasteiger partial charge in [-0.25, -0.2) is 10.5 Å². The Kier molecular flexibility index (Phi) is 3.86. The molecule has 3 rings (SSSR count). The fraction of sp³-hybridized carbons (Fsp3) is 0.125. The molecule has 23 heavy (non-hydrogen) atoms. The van der Waals surface area contributed by atoms with E-state index in [1.807, 2.05) is 6.07 Å². The van der Waals surface area contributed by atoms with Crippen molar-refractivity contribution in [2.75, 3.05) is 14.2 Å². The Hall–Kier alpha value is -3.06. The number of aromatic amines is 1. The molecular weight excluding hydrogens is 298 g/mol. The second-order valence-electron chi connectivity index (χ2n) is 4.82. The van der Waals surface area contributed by atoms with Gasteiger partial charge >= 0.3 is 0 Å². The molecule has 7 nitrogen and oxygen atoms in total. The number of ether oxygens (including phenoxy) is 2. The van der Waals surface area contributed by atoms with Gasteiger partial charge in [0.1, 0.15) is 17.3 Å². The number of fused-ring (bicyclic) bond motifs is 1. The number of hydrogen-bond donors (Lipinski definition) is 3. The zero-order valence-corrected chi connectivity index (χ0v) is 12.6. The third kappa shape index (κ3) is 2.69. The van der Waals surface area contributed by atoms with Crippen LogP contribution in [0.4, 0.5) is 0 Å². The van der Waals surface area contributed by atoms with Crippen molar-refractivity contribution in [3.8, 4) is 22.9 Å². The molecule has 7 heteroatoms. The first-order chi connectivity index (χ1) is 11.2. The minimum Gasteiger partial charge on any atom is -0.497 e. The van der Waals surface area contributed by atoms with Crippen molar-refractivity contribution in [3.05, 3.63) is 42.0 Å². The van der Waals surface area contributed by atoms with Crippen LogP contribution in [0.3, 0.4) is 0 Å². The van der Waals surface area contributed by atoms with Gasteiger partial charge in [-0.2, -0.15) is 0 Å². The van der Waals surface area contributed by atoms with Crippen LogP contribution in [0.1, 0.15) is 10.4 Å². The predicted molar refractivity (Wildman–Crippen MR) is 83.9 cm³/mol. The number of H-pyrrole nitrogens is 1. The van der Waals surface area contributed by atoms with Crippen LogP contribution in [-0.2, 0) is 0 Å². The first-order valence-corrected chi connectivity index (χ1v) is 6.83. The minimum atomic E-state index is -0.581. The maximum atomic E-state index is 11.5. The van der Waals surface area contributed by atoms with Gasteiger partial charge in [0.05, 0.1) is 30.8 Å². The highest BCUT2D eigenvalue weighted by molar-refractivity contribution is 5.97. The van der Waals surface area contributed by atoms with Gasteiger partial charge < -0.3 is 14.5 Å². The summed E-state index contributed by atoms with van der Waals surface area (Å²) in [5.74, 6) is 1.35. The normalized spacial score (nSPS) is 10.6. The van der Waals surface area contributed by atoms with Crippen LogP contribution < -0.4 is 15.0 Å². The summed E-state index contributed by atoms with van der Waals surface area (Å²) in [7, 11) is 3.17. The Morgan fingerprint density at radius 1 is 1.17 bits per heavy atom. The summed E-state index contributed by atoms with van der Waals surface area (Å²) in [5, 5.41) is 8.71. The van der Waals surface area contributed by atoms with Crippen molar-refractivity contribution in [3.63, 3.8) is 0 Å². The molecule has 3 aromatic rings. The molecule has 0 unspecified atom stereocenters. The average molecular weight is 313 g/mol. The fourth-order valence-electron chi connectivity index (χ4n) is 2.34. The van der Waals surface area contributed by atoms with Gasteiger partial charge in [0.2, 0.25) is 0 Å². The molecule has 0 spiro atoms. The quantitative estimate of drug-likeness (QED) is 0.507. The van der Waals surface area contributed by atoms with E-state index >= 15 is 0 Å². The van der Waals surface area contributed by atoms with E-state index in [0.29, 0.717) is 33.9 Å². The highest BCUT2D eigenvalue weighted by atomic mass is 16.5. The smallest absolute Gasteiger partial charge is 0.274 e. The van der Waals surface area contributed by atoms with E-state index in [2.05, 4.69) is 9.97 Å². The van der Waals surface area contributed by atoms with Crippen molar-refractivity contribution >= 4 is 16.9 Å². The van der Waals surface area contributed by atoms with Crippen LogP contribution in [-0.4, -0.2) is 35.3 Å². The summed E-state index contributed by atoms with van der Waals surface area (Å²) < 4.78 is 10.6. The molecule has 0 bridgehead atoms. The molecule has 0 saturated carbocycles. The SMILES string of the molecule is COc1ccc(OC)c(-c2nc3ccc(C(=O)NO)cc3[nH]2)c1. The topological polar surface area (TPSA) is 96.5 Å². The van der Waals surface area contributed by atoms with E-state index in [1.54, 1.807) is 50.0 Å². The standard InChI is InChI=1S/C16H15N3O4/c1-22-10-4-6-14(23-2)11(8-10)15-17-12-5-3-9(16(20)19-21)7-13(12)18-15/h3-8,21H,1-2H3,(H,17,18)(H,19,20). The van der Waals surface area contributed by atoms with Gasteiger partial charge in [0.25, 0.3) is 5.91 Å². The zero-order valence-electron chi connectivity index (χ0n) is 12.6. The number of aromatic nitrogens is 2. The Bertz CT molecular complexity index is 873. The second kappa shape index (κ2) is 5.98. The molecule has 3 N–H and O–H groups in total. The first-order valence-electron chi connectivity index (χ1n) is 6.83. The number of amides is 1. The van der Waals surface area contributed by atoms with E-state index in [0.717, 1.165) is 5.56 Å². The summed E-state index contributed by atoms with van der Waals surface area (Å²) in [5.41, 5.74) is 4.05. The van der Waals surface area contributed by atoms with Crippen LogP contribution >= 0.6 is 0 Å². The first kappa shape index (κ1) is 14.9. The molecule has 0 radical (unpaired) electrons. The summed E-state index contributed by atoms with van der Waals surface area (Å²) >= 11 is 0. The van der Waals surface area contributed by atoms with Gasteiger partial charge in [0, 0.05) is 5.56 Å². The molecular formula is C16H15N3O4. The number of hydroxylamine groups is 1. The molecule has 0 saturated heterocycles. The lowest BCUT2D eigenvalue weighted by molar-refractivity contribution is 0.0706. The Morgan fingerprint density at radius 2 is 2.00 bits per heavy atom. The van der Waals surface area contributed by atoms with Crippen LogP contribution in [0.2, 0.25) is 0 Å². The molecule has 118 valence electrons. The molecule has 1 heterocycles. The molecule has 0 aliphatic carbocycles. The summed E-state index contributed by atoms with van der Waals surface area (Å²) in [6.07, 6.45) is 0. The number of nitrogens with zero attached hydrogens (tertiary/aromatic N) is 1. The number of carbonyl (C=O) groups is 1. The minimum absolute atomic E-state index is 0.327. The number of rotatable bonds is 4. The lowest BCUT2D eigenvalue weighted by Crippen LogP contribution is -2.18. The largest absolute Gasteiger partial charge is 0.497 e. The number of methoxy groups -OCH3 is 2. The second-order valence-corrected chi connectivity index (χ2v) is 4.82. The molecule has 0 aliphatic heterocycles. The average Bonchev–Trinajstić information content (AvgIpc) is 3.03. The van der Waals surface area contributed by atoms with Gasteiger partial charge in [0.15, 0.2) is 0 Å². The van der Waals surface area contributed by atoms with E-state index in [9.17, 15) is 4.79 Å². The van der Waals surface area contributed by atoms with Gasteiger partial charge in [-0.05, 0) is 36.4 Å².